The van der Waals surface area contributed by atoms with Gasteiger partial charge in [0.15, 0.2) is 0 Å². The average molecular weight is 269 g/mol. The number of rotatable bonds is 4. The summed E-state index contributed by atoms with van der Waals surface area (Å²) in [4.78, 5) is 26.8. The maximum Gasteiger partial charge on any atom is 0.317 e. The molecule has 6 nitrogen and oxygen atoms in total. The number of nitrogens with one attached hydrogen (secondary N) is 1. The van der Waals surface area contributed by atoms with Crippen LogP contribution in [-0.2, 0) is 4.79 Å². The van der Waals surface area contributed by atoms with Gasteiger partial charge in [-0.2, -0.15) is 0 Å². The van der Waals surface area contributed by atoms with Crippen LogP contribution in [0.4, 0.5) is 4.79 Å². The van der Waals surface area contributed by atoms with Crippen LogP contribution in [0.2, 0.25) is 0 Å². The second kappa shape index (κ2) is 6.23. The number of urea groups is 1. The number of aliphatic carboxylic acids is 1. The highest BCUT2D eigenvalue weighted by molar-refractivity contribution is 5.77. The molecule has 0 aromatic carbocycles. The van der Waals surface area contributed by atoms with Gasteiger partial charge in [-0.1, -0.05) is 0 Å². The van der Waals surface area contributed by atoms with Crippen molar-refractivity contribution in [3.8, 4) is 0 Å². The molecule has 0 saturated carbocycles. The number of hydrogen-bond acceptors (Lipinski definition) is 3. The van der Waals surface area contributed by atoms with Crippen molar-refractivity contribution in [2.24, 2.45) is 5.92 Å². The molecule has 2 N–H and O–H groups in total. The van der Waals surface area contributed by atoms with E-state index in [1.807, 2.05) is 0 Å². The number of nitrogens with zero attached hydrogens (tertiary/aromatic N) is 2. The Morgan fingerprint density at radius 3 is 2.58 bits per heavy atom. The van der Waals surface area contributed by atoms with E-state index in [2.05, 4.69) is 17.1 Å². The largest absolute Gasteiger partial charge is 0.481 e. The molecule has 2 fully saturated rings. The zero-order valence-electron chi connectivity index (χ0n) is 11.5. The number of carbonyl (C=O) groups excluding carboxylic acids is 1. The Balaban J connectivity index is 1.71. The van der Waals surface area contributed by atoms with Crippen molar-refractivity contribution in [3.63, 3.8) is 0 Å². The zero-order chi connectivity index (χ0) is 13.8. The summed E-state index contributed by atoms with van der Waals surface area (Å²) in [6, 6.07) is 0.221. The molecule has 2 saturated heterocycles. The molecule has 2 atom stereocenters. The molecular weight excluding hydrogens is 246 g/mol. The second-order valence-corrected chi connectivity index (χ2v) is 5.55. The molecular formula is C13H23N3O3. The van der Waals surface area contributed by atoms with Gasteiger partial charge in [0.1, 0.15) is 0 Å². The molecule has 2 amide bonds. The van der Waals surface area contributed by atoms with Gasteiger partial charge in [-0.15, -0.1) is 0 Å². The first-order valence-corrected chi connectivity index (χ1v) is 7.07. The molecule has 0 bridgehead atoms. The number of carbonyl (C=O) groups is 2. The normalized spacial score (nSPS) is 25.5. The van der Waals surface area contributed by atoms with Crippen molar-refractivity contribution in [2.45, 2.75) is 32.2 Å². The quantitative estimate of drug-likeness (QED) is 0.783. The molecule has 108 valence electrons. The Kier molecular flexibility index (Phi) is 4.63. The minimum Gasteiger partial charge on any atom is -0.481 e. The first-order valence-electron chi connectivity index (χ1n) is 7.07. The smallest absolute Gasteiger partial charge is 0.317 e. The maximum atomic E-state index is 11.9. The SMILES string of the molecule is CC(CNC(=O)N1CCC(C(=O)O)C1)N1CCCC1. The van der Waals surface area contributed by atoms with Crippen LogP contribution < -0.4 is 5.32 Å². The topological polar surface area (TPSA) is 72.9 Å². The predicted octanol–water partition coefficient (Wildman–Crippen LogP) is 0.587. The molecule has 0 aromatic heterocycles. The van der Waals surface area contributed by atoms with Crippen LogP contribution in [-0.4, -0.2) is 65.7 Å². The molecule has 2 aliphatic rings. The van der Waals surface area contributed by atoms with Crippen LogP contribution in [0.5, 0.6) is 0 Å². The third kappa shape index (κ3) is 3.59. The van der Waals surface area contributed by atoms with E-state index < -0.39 is 11.9 Å². The fraction of sp³-hybridized carbons (Fsp3) is 0.846. The van der Waals surface area contributed by atoms with Gasteiger partial charge < -0.3 is 15.3 Å². The Morgan fingerprint density at radius 2 is 2.00 bits per heavy atom. The summed E-state index contributed by atoms with van der Waals surface area (Å²) in [6.07, 6.45) is 3.04. The molecule has 0 aliphatic carbocycles. The maximum absolute atomic E-state index is 11.9. The van der Waals surface area contributed by atoms with Gasteiger partial charge in [0, 0.05) is 25.7 Å². The summed E-state index contributed by atoms with van der Waals surface area (Å²) in [7, 11) is 0. The lowest BCUT2D eigenvalue weighted by atomic mass is 10.1. The number of likely N-dealkylation sites (tertiary alicyclic amines) is 2. The van der Waals surface area contributed by atoms with Crippen molar-refractivity contribution in [3.05, 3.63) is 0 Å². The minimum absolute atomic E-state index is 0.130. The van der Waals surface area contributed by atoms with Gasteiger partial charge in [0.25, 0.3) is 0 Å². The summed E-state index contributed by atoms with van der Waals surface area (Å²) in [5.41, 5.74) is 0. The molecule has 19 heavy (non-hydrogen) atoms. The van der Waals surface area contributed by atoms with Crippen molar-refractivity contribution in [2.75, 3.05) is 32.7 Å². The molecule has 0 spiro atoms. The molecule has 6 heteroatoms. The van der Waals surface area contributed by atoms with Crippen molar-refractivity contribution < 1.29 is 14.7 Å². The summed E-state index contributed by atoms with van der Waals surface area (Å²) in [5, 5.41) is 11.8. The number of hydrogen-bond donors (Lipinski definition) is 2. The number of carboxylic acid groups (broad SMARTS) is 1. The molecule has 2 unspecified atom stereocenters. The van der Waals surface area contributed by atoms with E-state index in [0.717, 1.165) is 13.1 Å². The lowest BCUT2D eigenvalue weighted by Crippen LogP contribution is -2.45. The van der Waals surface area contributed by atoms with Gasteiger partial charge in [0.2, 0.25) is 0 Å². The summed E-state index contributed by atoms with van der Waals surface area (Å²) < 4.78 is 0. The number of carboxylic acids is 1. The summed E-state index contributed by atoms with van der Waals surface area (Å²) in [6.45, 7) is 5.85. The lowest BCUT2D eigenvalue weighted by Gasteiger charge is -2.25. The van der Waals surface area contributed by atoms with Crippen molar-refractivity contribution in [1.29, 1.82) is 0 Å². The van der Waals surface area contributed by atoms with E-state index in [9.17, 15) is 9.59 Å². The van der Waals surface area contributed by atoms with Gasteiger partial charge in [-0.3, -0.25) is 9.69 Å². The van der Waals surface area contributed by atoms with Crippen LogP contribution in [0, 0.1) is 5.92 Å². The molecule has 0 aromatic rings. The first-order chi connectivity index (χ1) is 9.08. The van der Waals surface area contributed by atoms with Gasteiger partial charge in [0.05, 0.1) is 5.92 Å². The fourth-order valence-electron chi connectivity index (χ4n) is 2.80. The predicted molar refractivity (Wildman–Crippen MR) is 71.0 cm³/mol. The standard InChI is InChI=1S/C13H23N3O3/c1-10(15-5-2-3-6-15)8-14-13(19)16-7-4-11(9-16)12(17)18/h10-11H,2-9H2,1H3,(H,14,19)(H,17,18). The van der Waals surface area contributed by atoms with E-state index in [1.54, 1.807) is 4.90 Å². The minimum atomic E-state index is -0.805. The molecule has 2 rings (SSSR count). The molecule has 2 heterocycles. The molecule has 0 radical (unpaired) electrons. The van der Waals surface area contributed by atoms with E-state index in [4.69, 9.17) is 5.11 Å². The van der Waals surface area contributed by atoms with Gasteiger partial charge in [-0.05, 0) is 39.3 Å². The van der Waals surface area contributed by atoms with Gasteiger partial charge >= 0.3 is 12.0 Å². The van der Waals surface area contributed by atoms with Crippen LogP contribution in [0.3, 0.4) is 0 Å². The van der Waals surface area contributed by atoms with E-state index in [1.165, 1.54) is 12.8 Å². The highest BCUT2D eigenvalue weighted by Crippen LogP contribution is 2.16. The highest BCUT2D eigenvalue weighted by Gasteiger charge is 2.31. The van der Waals surface area contributed by atoms with Gasteiger partial charge in [-0.25, -0.2) is 4.79 Å². The summed E-state index contributed by atoms with van der Waals surface area (Å²) >= 11 is 0. The highest BCUT2D eigenvalue weighted by atomic mass is 16.4. The van der Waals surface area contributed by atoms with E-state index in [-0.39, 0.29) is 6.03 Å². The van der Waals surface area contributed by atoms with E-state index in [0.29, 0.717) is 32.1 Å². The second-order valence-electron chi connectivity index (χ2n) is 5.55. The average Bonchev–Trinajstić information content (AvgIpc) is 3.05. The Morgan fingerprint density at radius 1 is 1.32 bits per heavy atom. The first kappa shape index (κ1) is 14.1. The van der Waals surface area contributed by atoms with Crippen molar-refractivity contribution in [1.82, 2.24) is 15.1 Å². The third-order valence-electron chi connectivity index (χ3n) is 4.14. The Labute approximate surface area is 113 Å². The van der Waals surface area contributed by atoms with Crippen LogP contribution >= 0.6 is 0 Å². The monoisotopic (exact) mass is 269 g/mol. The fourth-order valence-corrected chi connectivity index (χ4v) is 2.80. The Bertz CT molecular complexity index is 342. The molecule has 2 aliphatic heterocycles. The zero-order valence-corrected chi connectivity index (χ0v) is 11.5. The van der Waals surface area contributed by atoms with Crippen LogP contribution in [0.1, 0.15) is 26.2 Å². The van der Waals surface area contributed by atoms with Crippen LogP contribution in [0.15, 0.2) is 0 Å². The summed E-state index contributed by atoms with van der Waals surface area (Å²) in [5.74, 6) is -1.21. The number of amides is 2. The van der Waals surface area contributed by atoms with E-state index >= 15 is 0 Å². The van der Waals surface area contributed by atoms with Crippen molar-refractivity contribution >= 4 is 12.0 Å². The Hall–Kier alpha value is -1.30. The lowest BCUT2D eigenvalue weighted by molar-refractivity contribution is -0.141. The van der Waals surface area contributed by atoms with Crippen LogP contribution in [0.25, 0.3) is 0 Å². The third-order valence-corrected chi connectivity index (χ3v) is 4.14.